The number of hydrogen-bond acceptors (Lipinski definition) is 3. The zero-order valence-electron chi connectivity index (χ0n) is 20.5. The quantitative estimate of drug-likeness (QED) is 0.318. The standard InChI is InChI=1S/C29H28F3N3O2/c1-21-17-25-27(37-21)19-26(35(25)20-23-9-5-11-24(18-23)29(30,31)32)28(36)34-15-13-33(14-16-34)12-6-10-22-7-3-2-4-8-22/h2-11,17-19H,12-16,20H2,1H3/b10-6+. The summed E-state index contributed by atoms with van der Waals surface area (Å²) in [6, 6.07) is 18.9. The maximum absolute atomic E-state index is 13.5. The van der Waals surface area contributed by atoms with Gasteiger partial charge in [0.1, 0.15) is 11.5 Å². The minimum absolute atomic E-state index is 0.137. The van der Waals surface area contributed by atoms with E-state index in [1.165, 1.54) is 6.07 Å². The highest BCUT2D eigenvalue weighted by atomic mass is 19.4. The zero-order chi connectivity index (χ0) is 26.0. The number of carbonyl (C=O) groups excluding carboxylic acids is 1. The molecule has 1 aliphatic rings. The van der Waals surface area contributed by atoms with Crippen molar-refractivity contribution in [3.8, 4) is 0 Å². The van der Waals surface area contributed by atoms with Crippen molar-refractivity contribution < 1.29 is 22.4 Å². The van der Waals surface area contributed by atoms with Gasteiger partial charge in [-0.3, -0.25) is 9.69 Å². The van der Waals surface area contributed by atoms with E-state index >= 15 is 0 Å². The topological polar surface area (TPSA) is 41.6 Å². The number of aromatic nitrogens is 1. The summed E-state index contributed by atoms with van der Waals surface area (Å²) >= 11 is 0. The first-order chi connectivity index (χ1) is 17.8. The van der Waals surface area contributed by atoms with Crippen LogP contribution in [0.4, 0.5) is 13.2 Å². The molecule has 8 heteroatoms. The van der Waals surface area contributed by atoms with Crippen LogP contribution in [0.25, 0.3) is 17.2 Å². The number of benzene rings is 2. The molecule has 0 aliphatic carbocycles. The van der Waals surface area contributed by atoms with Gasteiger partial charge in [0.05, 0.1) is 11.1 Å². The number of piperazine rings is 1. The van der Waals surface area contributed by atoms with Gasteiger partial charge in [0.25, 0.3) is 5.91 Å². The Kier molecular flexibility index (Phi) is 6.93. The van der Waals surface area contributed by atoms with E-state index in [1.54, 1.807) is 21.6 Å². The molecule has 2 aromatic carbocycles. The van der Waals surface area contributed by atoms with Gasteiger partial charge in [-0.15, -0.1) is 0 Å². The van der Waals surface area contributed by atoms with E-state index in [2.05, 4.69) is 29.2 Å². The number of nitrogens with zero attached hydrogens (tertiary/aromatic N) is 3. The van der Waals surface area contributed by atoms with Gasteiger partial charge in [-0.1, -0.05) is 54.6 Å². The van der Waals surface area contributed by atoms with Gasteiger partial charge in [0.2, 0.25) is 0 Å². The molecule has 3 heterocycles. The maximum atomic E-state index is 13.5. The molecule has 4 aromatic rings. The van der Waals surface area contributed by atoms with Crippen LogP contribution < -0.4 is 0 Å². The molecule has 1 amide bonds. The van der Waals surface area contributed by atoms with Crippen LogP contribution in [0, 0.1) is 6.92 Å². The molecule has 5 nitrogen and oxygen atoms in total. The van der Waals surface area contributed by atoms with Crippen molar-refractivity contribution in [2.75, 3.05) is 32.7 Å². The van der Waals surface area contributed by atoms with Crippen LogP contribution in [0.1, 0.15) is 32.9 Å². The van der Waals surface area contributed by atoms with E-state index in [-0.39, 0.29) is 12.5 Å². The van der Waals surface area contributed by atoms with Crippen LogP contribution in [0.15, 0.2) is 77.2 Å². The molecule has 0 bridgehead atoms. The number of amides is 1. The SMILES string of the molecule is Cc1cc2c(cc(C(=O)N3CCN(C/C=C/c4ccccc4)CC3)n2Cc2cccc(C(F)(F)F)c2)o1. The highest BCUT2D eigenvalue weighted by molar-refractivity contribution is 5.97. The fourth-order valence-corrected chi connectivity index (χ4v) is 4.74. The van der Waals surface area contributed by atoms with Crippen molar-refractivity contribution in [1.82, 2.24) is 14.4 Å². The lowest BCUT2D eigenvalue weighted by Gasteiger charge is -2.34. The lowest BCUT2D eigenvalue weighted by atomic mass is 10.1. The minimum atomic E-state index is -4.43. The first kappa shape index (κ1) is 24.9. The Morgan fingerprint density at radius 3 is 2.46 bits per heavy atom. The smallest absolute Gasteiger partial charge is 0.416 e. The summed E-state index contributed by atoms with van der Waals surface area (Å²) in [6.45, 7) is 5.39. The first-order valence-corrected chi connectivity index (χ1v) is 12.3. The van der Waals surface area contributed by atoms with Gasteiger partial charge in [-0.05, 0) is 30.2 Å². The van der Waals surface area contributed by atoms with Crippen LogP contribution >= 0.6 is 0 Å². The predicted molar refractivity (Wildman–Crippen MR) is 137 cm³/mol. The number of furan rings is 1. The molecule has 1 aliphatic heterocycles. The Balaban J connectivity index is 1.30. The minimum Gasteiger partial charge on any atom is -0.460 e. The van der Waals surface area contributed by atoms with E-state index in [0.717, 1.165) is 37.3 Å². The molecule has 0 radical (unpaired) electrons. The normalized spacial score (nSPS) is 15.2. The molecular weight excluding hydrogens is 479 g/mol. The lowest BCUT2D eigenvalue weighted by molar-refractivity contribution is -0.137. The van der Waals surface area contributed by atoms with Gasteiger partial charge in [-0.2, -0.15) is 13.2 Å². The average molecular weight is 508 g/mol. The summed E-state index contributed by atoms with van der Waals surface area (Å²) in [4.78, 5) is 17.6. The third kappa shape index (κ3) is 5.64. The van der Waals surface area contributed by atoms with Crippen molar-refractivity contribution >= 4 is 23.1 Å². The molecule has 2 aromatic heterocycles. The molecule has 0 atom stereocenters. The zero-order valence-corrected chi connectivity index (χ0v) is 20.5. The third-order valence-electron chi connectivity index (χ3n) is 6.66. The number of alkyl halides is 3. The largest absolute Gasteiger partial charge is 0.460 e. The summed E-state index contributed by atoms with van der Waals surface area (Å²) in [6.07, 6.45) is -0.207. The van der Waals surface area contributed by atoms with E-state index < -0.39 is 11.7 Å². The van der Waals surface area contributed by atoms with Crippen LogP contribution in [0.3, 0.4) is 0 Å². The van der Waals surface area contributed by atoms with E-state index in [1.807, 2.05) is 31.2 Å². The molecule has 192 valence electrons. The number of halogens is 3. The fourth-order valence-electron chi connectivity index (χ4n) is 4.74. The summed E-state index contributed by atoms with van der Waals surface area (Å²) < 4.78 is 47.3. The van der Waals surface area contributed by atoms with E-state index in [0.29, 0.717) is 41.2 Å². The van der Waals surface area contributed by atoms with E-state index in [4.69, 9.17) is 4.42 Å². The fraction of sp³-hybridized carbons (Fsp3) is 0.276. The molecule has 0 spiro atoms. The van der Waals surface area contributed by atoms with Gasteiger partial charge >= 0.3 is 6.18 Å². The highest BCUT2D eigenvalue weighted by Gasteiger charge is 2.31. The van der Waals surface area contributed by atoms with Crippen molar-refractivity contribution in [2.45, 2.75) is 19.6 Å². The van der Waals surface area contributed by atoms with Crippen molar-refractivity contribution in [1.29, 1.82) is 0 Å². The third-order valence-corrected chi connectivity index (χ3v) is 6.66. The second-order valence-electron chi connectivity index (χ2n) is 9.33. The summed E-state index contributed by atoms with van der Waals surface area (Å²) in [5.74, 6) is 0.537. The van der Waals surface area contributed by atoms with Gasteiger partial charge in [-0.25, -0.2) is 0 Å². The summed E-state index contributed by atoms with van der Waals surface area (Å²) in [5, 5.41) is 0. The maximum Gasteiger partial charge on any atom is 0.416 e. The molecule has 1 fully saturated rings. The number of rotatable bonds is 6. The summed E-state index contributed by atoms with van der Waals surface area (Å²) in [7, 11) is 0. The van der Waals surface area contributed by atoms with Crippen LogP contribution in [0.2, 0.25) is 0 Å². The molecule has 0 unspecified atom stereocenters. The molecule has 0 saturated carbocycles. The van der Waals surface area contributed by atoms with E-state index in [9.17, 15) is 18.0 Å². The van der Waals surface area contributed by atoms with Gasteiger partial charge in [0, 0.05) is 51.4 Å². The molecule has 37 heavy (non-hydrogen) atoms. The molecule has 1 saturated heterocycles. The van der Waals surface area contributed by atoms with Crippen LogP contribution in [0.5, 0.6) is 0 Å². The average Bonchev–Trinajstić information content (AvgIpc) is 3.41. The second kappa shape index (κ2) is 10.3. The Labute approximate surface area is 213 Å². The molecular formula is C29H28F3N3O2. The van der Waals surface area contributed by atoms with Gasteiger partial charge < -0.3 is 13.9 Å². The van der Waals surface area contributed by atoms with Crippen molar-refractivity contribution in [3.05, 3.63) is 101 Å². The Bertz CT molecular complexity index is 1410. The Morgan fingerprint density at radius 1 is 0.973 bits per heavy atom. The number of hydrogen-bond donors (Lipinski definition) is 0. The second-order valence-corrected chi connectivity index (χ2v) is 9.33. The Hall–Kier alpha value is -3.78. The van der Waals surface area contributed by atoms with Crippen LogP contribution in [-0.2, 0) is 12.7 Å². The Morgan fingerprint density at radius 2 is 1.73 bits per heavy atom. The van der Waals surface area contributed by atoms with Crippen LogP contribution in [-0.4, -0.2) is 53.0 Å². The monoisotopic (exact) mass is 507 g/mol. The summed E-state index contributed by atoms with van der Waals surface area (Å²) in [5.41, 5.74) is 2.58. The lowest BCUT2D eigenvalue weighted by Crippen LogP contribution is -2.49. The first-order valence-electron chi connectivity index (χ1n) is 12.3. The highest BCUT2D eigenvalue weighted by Crippen LogP contribution is 2.31. The molecule has 5 rings (SSSR count). The van der Waals surface area contributed by atoms with Crippen molar-refractivity contribution in [2.24, 2.45) is 0 Å². The number of carbonyl (C=O) groups is 1. The van der Waals surface area contributed by atoms with Gasteiger partial charge in [0.15, 0.2) is 5.58 Å². The number of fused-ring (bicyclic) bond motifs is 1. The van der Waals surface area contributed by atoms with Crippen molar-refractivity contribution in [3.63, 3.8) is 0 Å². The predicted octanol–water partition coefficient (Wildman–Crippen LogP) is 6.08. The number of aryl methyl sites for hydroxylation is 1. The molecule has 0 N–H and O–H groups in total.